The first-order valence-electron chi connectivity index (χ1n) is 12.2. The van der Waals surface area contributed by atoms with E-state index in [2.05, 4.69) is 0 Å². The van der Waals surface area contributed by atoms with E-state index in [4.69, 9.17) is 22.4 Å². The number of aromatic hydroxyl groups is 2. The molecule has 40 heavy (non-hydrogen) atoms. The molecule has 212 valence electrons. The number of carbonyl (C=O) groups excluding carboxylic acids is 3. The average Bonchev–Trinajstić information content (AvgIpc) is 2.86. The van der Waals surface area contributed by atoms with E-state index in [9.17, 15) is 39.9 Å². The second-order valence-electron chi connectivity index (χ2n) is 10.4. The predicted octanol–water partition coefficient (Wildman–Crippen LogP) is 1.83. The Morgan fingerprint density at radius 1 is 1.02 bits per heavy atom. The van der Waals surface area contributed by atoms with Gasteiger partial charge < -0.3 is 36.4 Å². The van der Waals surface area contributed by atoms with Gasteiger partial charge in [0, 0.05) is 28.0 Å². The maximum Gasteiger partial charge on any atom is 0.255 e. The number of hydrogen-bond acceptors (Lipinski definition) is 10. The molecule has 5 atom stereocenters. The number of fused-ring (bicyclic) bond motifs is 3. The van der Waals surface area contributed by atoms with Crippen LogP contribution in [-0.2, 0) is 15.2 Å². The van der Waals surface area contributed by atoms with Gasteiger partial charge in [-0.3, -0.25) is 19.3 Å². The minimum Gasteiger partial charge on any atom is -0.510 e. The van der Waals surface area contributed by atoms with Crippen molar-refractivity contribution >= 4 is 29.1 Å². The number of likely N-dealkylation sites (N-methyl/N-ethyl adjacent to an activating group) is 1. The van der Waals surface area contributed by atoms with Crippen LogP contribution in [0.2, 0.25) is 5.02 Å². The third-order valence-electron chi connectivity index (χ3n) is 7.83. The Bertz CT molecular complexity index is 1480. The van der Waals surface area contributed by atoms with Crippen molar-refractivity contribution in [2.75, 3.05) is 14.1 Å². The van der Waals surface area contributed by atoms with E-state index in [1.165, 1.54) is 32.0 Å². The Morgan fingerprint density at radius 3 is 2.12 bits per heavy atom. The van der Waals surface area contributed by atoms with Gasteiger partial charge in [0.15, 0.2) is 11.4 Å². The van der Waals surface area contributed by atoms with Crippen LogP contribution in [0, 0.1) is 11.8 Å². The molecule has 8 N–H and O–H groups in total. The summed E-state index contributed by atoms with van der Waals surface area (Å²) in [5.74, 6) is -7.97. The third kappa shape index (κ3) is 4.13. The van der Waals surface area contributed by atoms with E-state index in [0.717, 1.165) is 6.07 Å². The first kappa shape index (κ1) is 29.1. The fourth-order valence-corrected chi connectivity index (χ4v) is 6.36. The normalized spacial score (nSPS) is 29.3. The average molecular weight is 573 g/mol. The van der Waals surface area contributed by atoms with Crippen molar-refractivity contribution in [3.05, 3.63) is 81.3 Å². The fraction of sp³-hybridized carbons (Fsp3) is 0.321. The summed E-state index contributed by atoms with van der Waals surface area (Å²) in [6.07, 6.45) is -0.259. The van der Waals surface area contributed by atoms with E-state index in [1.54, 1.807) is 24.3 Å². The van der Waals surface area contributed by atoms with Gasteiger partial charge in [-0.2, -0.15) is 0 Å². The fourth-order valence-electron chi connectivity index (χ4n) is 6.01. The molecular weight excluding hydrogens is 544 g/mol. The molecule has 0 unspecified atom stereocenters. The number of aliphatic hydroxyl groups excluding tert-OH is 2. The molecule has 3 aliphatic carbocycles. The van der Waals surface area contributed by atoms with Crippen LogP contribution in [0.25, 0.3) is 0 Å². The number of aliphatic hydroxyl groups is 4. The molecule has 2 aromatic rings. The van der Waals surface area contributed by atoms with Gasteiger partial charge in [0.2, 0.25) is 5.78 Å². The molecule has 2 aromatic carbocycles. The summed E-state index contributed by atoms with van der Waals surface area (Å²) in [4.78, 5) is 40.0. The second-order valence-corrected chi connectivity index (χ2v) is 10.8. The predicted molar refractivity (Wildman–Crippen MR) is 143 cm³/mol. The zero-order valence-electron chi connectivity index (χ0n) is 21.8. The number of nitrogens with two attached hydrogens (primary N) is 1. The number of carbonyl (C=O) groups is 3. The summed E-state index contributed by atoms with van der Waals surface area (Å²) < 4.78 is 0. The molecule has 11 nitrogen and oxygen atoms in total. The minimum absolute atomic E-state index is 0.00293. The monoisotopic (exact) mass is 572 g/mol. The van der Waals surface area contributed by atoms with Crippen LogP contribution in [0.1, 0.15) is 29.3 Å². The van der Waals surface area contributed by atoms with Crippen LogP contribution < -0.4 is 5.73 Å². The largest absolute Gasteiger partial charge is 0.510 e. The summed E-state index contributed by atoms with van der Waals surface area (Å²) in [5, 5.41) is 63.9. The zero-order valence-corrected chi connectivity index (χ0v) is 22.5. The van der Waals surface area contributed by atoms with Gasteiger partial charge in [0.1, 0.15) is 28.6 Å². The van der Waals surface area contributed by atoms with Crippen molar-refractivity contribution in [2.24, 2.45) is 17.6 Å². The lowest BCUT2D eigenvalue weighted by atomic mass is 9.55. The molecule has 0 aliphatic heterocycles. The molecule has 0 heterocycles. The van der Waals surface area contributed by atoms with Crippen LogP contribution in [0.15, 0.2) is 65.1 Å². The molecule has 0 spiro atoms. The molecule has 0 bridgehead atoms. The van der Waals surface area contributed by atoms with E-state index in [0.29, 0.717) is 5.75 Å². The quantitative estimate of drug-likeness (QED) is 0.260. The van der Waals surface area contributed by atoms with E-state index in [-0.39, 0.29) is 22.6 Å². The number of para-hydroxylation sites is 1. The van der Waals surface area contributed by atoms with Gasteiger partial charge in [0.05, 0.1) is 17.2 Å². The third-order valence-corrected chi connectivity index (χ3v) is 8.14. The summed E-state index contributed by atoms with van der Waals surface area (Å²) in [6.45, 7) is 1.34. The topological polar surface area (TPSA) is 202 Å². The maximum absolute atomic E-state index is 13.4. The highest BCUT2D eigenvalue weighted by Crippen LogP contribution is 2.57. The summed E-state index contributed by atoms with van der Waals surface area (Å²) >= 11 is 6.26. The zero-order chi connectivity index (χ0) is 29.9. The van der Waals surface area contributed by atoms with E-state index >= 15 is 0 Å². The Balaban J connectivity index is 0.000000461. The van der Waals surface area contributed by atoms with Gasteiger partial charge in [-0.25, -0.2) is 0 Å². The highest BCUT2D eigenvalue weighted by atomic mass is 35.5. The number of benzene rings is 2. The van der Waals surface area contributed by atoms with Crippen molar-refractivity contribution in [2.45, 2.75) is 30.6 Å². The second kappa shape index (κ2) is 9.93. The molecule has 0 saturated heterocycles. The van der Waals surface area contributed by atoms with Gasteiger partial charge >= 0.3 is 0 Å². The lowest BCUT2D eigenvalue weighted by molar-refractivity contribution is -0.151. The molecule has 0 radical (unpaired) electrons. The highest BCUT2D eigenvalue weighted by molar-refractivity contribution is 6.33. The van der Waals surface area contributed by atoms with Crippen molar-refractivity contribution in [1.29, 1.82) is 0 Å². The Kier molecular flexibility index (Phi) is 7.22. The van der Waals surface area contributed by atoms with Crippen LogP contribution in [0.4, 0.5) is 0 Å². The molecule has 5 rings (SSSR count). The van der Waals surface area contributed by atoms with Crippen LogP contribution in [0.5, 0.6) is 11.5 Å². The highest BCUT2D eigenvalue weighted by Gasteiger charge is 2.65. The number of phenols is 2. The standard InChI is InChI=1S/C22H23ClN2O8.C6H6O/c1-21(32)7-6-8-15(25(2)3)17(28)13(20(24)31)19(30)22(8,33)18(29)11(7)16(27)12-10(26)5-4-9(23)14(12)21;7-6-4-2-1-3-5-6/h4-5,7-8,15,26,28-29,32-33H,6H2,1-3H3,(H2,24,31);1-5,7H/t7-,8-,15-,21-,22-;/m0./s1. The number of ketones is 2. The number of nitrogens with zero attached hydrogens (tertiary/aromatic N) is 1. The smallest absolute Gasteiger partial charge is 0.255 e. The maximum atomic E-state index is 13.4. The van der Waals surface area contributed by atoms with Gasteiger partial charge in [-0.15, -0.1) is 0 Å². The minimum atomic E-state index is -2.78. The van der Waals surface area contributed by atoms with Crippen LogP contribution in [-0.4, -0.2) is 78.8 Å². The molecule has 0 aromatic heterocycles. The molecular formula is C28H29ClN2O9. The van der Waals surface area contributed by atoms with Crippen molar-refractivity contribution in [1.82, 2.24) is 4.90 Å². The molecule has 0 saturated carbocycles. The summed E-state index contributed by atoms with van der Waals surface area (Å²) in [5.41, 5.74) is -1.21. The molecule has 3 aliphatic rings. The number of phenolic OH excluding ortho intramolecular Hbond substituents is 2. The summed E-state index contributed by atoms with van der Waals surface area (Å²) in [7, 11) is 3.03. The van der Waals surface area contributed by atoms with Gasteiger partial charge in [-0.05, 0) is 51.7 Å². The lowest BCUT2D eigenvalue weighted by Gasteiger charge is -2.52. The molecule has 12 heteroatoms. The van der Waals surface area contributed by atoms with Crippen LogP contribution in [0.3, 0.4) is 0 Å². The van der Waals surface area contributed by atoms with E-state index in [1.807, 2.05) is 6.07 Å². The van der Waals surface area contributed by atoms with E-state index < -0.39 is 75.0 Å². The summed E-state index contributed by atoms with van der Waals surface area (Å²) in [6, 6.07) is 10.0. The van der Waals surface area contributed by atoms with Crippen molar-refractivity contribution in [3.63, 3.8) is 0 Å². The SMILES string of the molecule is CN(C)[C@@H]1C(O)=C(C(N)=O)C(=O)[C@@]2(O)C(O)=C3C(=O)c4c(O)ccc(Cl)c4[C@@](C)(O)[C@H]3C[C@@H]12.Oc1ccccc1. The van der Waals surface area contributed by atoms with Gasteiger partial charge in [-0.1, -0.05) is 29.8 Å². The lowest BCUT2D eigenvalue weighted by Crippen LogP contribution is -2.65. The number of Topliss-reactive ketones (excluding diaryl/α,β-unsaturated/α-hetero) is 2. The first-order valence-corrected chi connectivity index (χ1v) is 12.6. The number of hydrogen-bond donors (Lipinski definition) is 7. The van der Waals surface area contributed by atoms with Crippen molar-refractivity contribution < 1.29 is 45.0 Å². The van der Waals surface area contributed by atoms with Crippen LogP contribution >= 0.6 is 11.6 Å². The number of amides is 1. The number of rotatable bonds is 2. The van der Waals surface area contributed by atoms with Gasteiger partial charge in [0.25, 0.3) is 5.91 Å². The molecule has 0 fully saturated rings. The number of primary amides is 1. The number of halogens is 1. The van der Waals surface area contributed by atoms with Crippen molar-refractivity contribution in [3.8, 4) is 11.5 Å². The first-order chi connectivity index (χ1) is 18.6. The Labute approximate surface area is 234 Å². The Morgan fingerprint density at radius 2 is 1.62 bits per heavy atom. The Hall–Kier alpha value is -3.90. The molecule has 1 amide bonds.